The Morgan fingerprint density at radius 2 is 1.74 bits per heavy atom. The molecule has 1 saturated heterocycles. The van der Waals surface area contributed by atoms with Crippen molar-refractivity contribution in [3.63, 3.8) is 0 Å². The molecule has 0 radical (unpaired) electrons. The minimum absolute atomic E-state index is 0.00502. The molecule has 334 valence electrons. The summed E-state index contributed by atoms with van der Waals surface area (Å²) in [6.07, 6.45) is 17.2. The van der Waals surface area contributed by atoms with Gasteiger partial charge in [-0.15, -0.1) is 0 Å². The number of nitrogens with zero attached hydrogens (tertiary/aromatic N) is 6. The van der Waals surface area contributed by atoms with E-state index in [1.54, 1.807) is 32.1 Å². The van der Waals surface area contributed by atoms with Crippen LogP contribution in [-0.2, 0) is 4.79 Å². The van der Waals surface area contributed by atoms with Crippen LogP contribution in [0.25, 0.3) is 11.0 Å². The van der Waals surface area contributed by atoms with Gasteiger partial charge in [-0.2, -0.15) is 4.98 Å². The van der Waals surface area contributed by atoms with Crippen molar-refractivity contribution in [2.45, 2.75) is 136 Å². The molecule has 0 unspecified atom stereocenters. The Kier molecular flexibility index (Phi) is 12.9. The van der Waals surface area contributed by atoms with Crippen molar-refractivity contribution >= 4 is 40.2 Å². The van der Waals surface area contributed by atoms with Crippen LogP contribution in [0.5, 0.6) is 0 Å². The SMILES string of the molecule is CC(=O)CC[C@@H](C)[C@H]1CC[C@H]2[C@@H]3[C@H](O)C[C@@H]4C[C@H](C)CC[C@]4(C)[C@H]3C[C@H](O)[C@]12C.CN(C)C(=O)c1cc2cnc(Nc3ccc(N4CCNCC4)cn3)nc2n1C1CCCC1. The first-order valence-corrected chi connectivity index (χ1v) is 23.8. The summed E-state index contributed by atoms with van der Waals surface area (Å²) < 4.78 is 2.12. The molecule has 9 rings (SSSR count). The second-order valence-corrected chi connectivity index (χ2v) is 21.0. The van der Waals surface area contributed by atoms with Gasteiger partial charge >= 0.3 is 0 Å². The number of carbonyl (C=O) groups excluding carboxylic acids is 2. The molecule has 6 aliphatic rings. The summed E-state index contributed by atoms with van der Waals surface area (Å²) >= 11 is 0. The largest absolute Gasteiger partial charge is 0.393 e. The fourth-order valence-corrected chi connectivity index (χ4v) is 13.7. The maximum atomic E-state index is 12.9. The summed E-state index contributed by atoms with van der Waals surface area (Å²) in [4.78, 5) is 42.2. The lowest BCUT2D eigenvalue weighted by Crippen LogP contribution is -2.62. The van der Waals surface area contributed by atoms with E-state index in [1.165, 1.54) is 32.1 Å². The van der Waals surface area contributed by atoms with E-state index >= 15 is 0 Å². The van der Waals surface area contributed by atoms with E-state index in [4.69, 9.17) is 4.98 Å². The zero-order valence-electron chi connectivity index (χ0n) is 38.1. The lowest BCUT2D eigenvalue weighted by atomic mass is 9.42. The molecule has 3 aromatic heterocycles. The molecule has 12 heteroatoms. The van der Waals surface area contributed by atoms with E-state index in [0.717, 1.165) is 93.8 Å². The van der Waals surface area contributed by atoms with Gasteiger partial charge in [-0.25, -0.2) is 9.97 Å². The van der Waals surface area contributed by atoms with Crippen LogP contribution in [0.4, 0.5) is 17.5 Å². The Morgan fingerprint density at radius 1 is 0.984 bits per heavy atom. The number of aromatic nitrogens is 4. The summed E-state index contributed by atoms with van der Waals surface area (Å²) in [7, 11) is 3.57. The smallest absolute Gasteiger partial charge is 0.270 e. The third-order valence-corrected chi connectivity index (χ3v) is 17.1. The molecule has 0 bridgehead atoms. The molecule has 5 saturated carbocycles. The second-order valence-electron chi connectivity index (χ2n) is 21.0. The van der Waals surface area contributed by atoms with Gasteiger partial charge in [0.05, 0.1) is 24.1 Å². The third kappa shape index (κ3) is 8.46. The average molecular weight is 839 g/mol. The van der Waals surface area contributed by atoms with Crippen molar-refractivity contribution in [1.82, 2.24) is 29.7 Å². The molecule has 5 aliphatic carbocycles. The number of rotatable bonds is 9. The van der Waals surface area contributed by atoms with E-state index < -0.39 is 0 Å². The predicted molar refractivity (Wildman–Crippen MR) is 242 cm³/mol. The number of aliphatic hydroxyl groups excluding tert-OH is 2. The van der Waals surface area contributed by atoms with Gasteiger partial charge in [-0.1, -0.05) is 47.0 Å². The highest BCUT2D eigenvalue weighted by atomic mass is 16.3. The molecule has 6 fully saturated rings. The van der Waals surface area contributed by atoms with E-state index in [-0.39, 0.29) is 34.7 Å². The average Bonchev–Trinajstić information content (AvgIpc) is 4.00. The highest BCUT2D eigenvalue weighted by Crippen LogP contribution is 2.68. The van der Waals surface area contributed by atoms with Crippen LogP contribution in [0.2, 0.25) is 0 Å². The van der Waals surface area contributed by atoms with Gasteiger partial charge in [-0.05, 0) is 135 Å². The summed E-state index contributed by atoms with van der Waals surface area (Å²) in [6, 6.07) is 6.25. The molecule has 12 nitrogen and oxygen atoms in total. The van der Waals surface area contributed by atoms with Crippen LogP contribution in [0.1, 0.15) is 135 Å². The van der Waals surface area contributed by atoms with E-state index in [0.29, 0.717) is 65.4 Å². The van der Waals surface area contributed by atoms with Crippen LogP contribution in [-0.4, -0.2) is 98.8 Å². The standard InChI is InChI=1S/C26H44O3.C23H30N8O/c1-15-10-11-25(4)18(12-15)13-22(28)24-20-9-8-19(16(2)6-7-17(3)27)26(20,5)23(29)14-21(24)25;1-29(2)22(32)19-13-16-14-26-23(28-21(16)31(19)17-5-3-4-6-17)27-20-8-7-18(15-25-20)30-11-9-24-10-12-30/h15-16,18-24,28-29H,6-14H2,1-5H3;7-8,13-15,17,24H,3-6,9-12H2,1-2H3,(H,25,26,27,28)/t15-,16-,18+,19-,20+,21+,22-,23+,24+,25+,26-;/m1./s1. The first-order valence-electron chi connectivity index (χ1n) is 23.8. The maximum Gasteiger partial charge on any atom is 0.270 e. The number of piperazine rings is 1. The molecular formula is C49H74N8O4. The van der Waals surface area contributed by atoms with Crippen molar-refractivity contribution in [3.05, 3.63) is 36.3 Å². The van der Waals surface area contributed by atoms with Gasteiger partial charge in [0.25, 0.3) is 5.91 Å². The minimum atomic E-state index is -0.275. The number of hydrogen-bond donors (Lipinski definition) is 4. The molecule has 61 heavy (non-hydrogen) atoms. The fourth-order valence-electron chi connectivity index (χ4n) is 13.7. The van der Waals surface area contributed by atoms with Crippen LogP contribution in [0.3, 0.4) is 0 Å². The molecular weight excluding hydrogens is 765 g/mol. The normalized spacial score (nSPS) is 34.1. The molecule has 1 amide bonds. The lowest BCUT2D eigenvalue weighted by molar-refractivity contribution is -0.203. The predicted octanol–water partition coefficient (Wildman–Crippen LogP) is 8.02. The zero-order valence-corrected chi connectivity index (χ0v) is 38.1. The number of Topliss-reactive ketones (excluding diaryl/α,β-unsaturated/α-hetero) is 1. The number of nitrogens with one attached hydrogen (secondary N) is 2. The summed E-state index contributed by atoms with van der Waals surface area (Å²) in [6.45, 7) is 15.1. The molecule has 4 N–H and O–H groups in total. The van der Waals surface area contributed by atoms with Gasteiger partial charge in [0.2, 0.25) is 5.95 Å². The Hall–Kier alpha value is -3.61. The van der Waals surface area contributed by atoms with E-state index in [2.05, 4.69) is 63.8 Å². The Bertz CT molecular complexity index is 2010. The molecule has 0 aromatic carbocycles. The first kappa shape index (κ1) is 44.0. The Balaban J connectivity index is 0.000000169. The minimum Gasteiger partial charge on any atom is -0.393 e. The number of amides is 1. The first-order chi connectivity index (χ1) is 29.2. The second kappa shape index (κ2) is 17.9. The van der Waals surface area contributed by atoms with Gasteiger partial charge in [0.1, 0.15) is 22.9 Å². The monoisotopic (exact) mass is 839 g/mol. The third-order valence-electron chi connectivity index (χ3n) is 17.1. The lowest BCUT2D eigenvalue weighted by Gasteiger charge is -2.63. The van der Waals surface area contributed by atoms with Crippen LogP contribution in [0.15, 0.2) is 30.6 Å². The number of anilines is 3. The number of aliphatic hydroxyl groups is 2. The topological polar surface area (TPSA) is 149 Å². The number of ketones is 1. The van der Waals surface area contributed by atoms with Crippen LogP contribution in [0, 0.1) is 52.3 Å². The van der Waals surface area contributed by atoms with Gasteiger partial charge in [0.15, 0.2) is 0 Å². The van der Waals surface area contributed by atoms with Gasteiger partial charge < -0.3 is 40.0 Å². The Labute approximate surface area is 364 Å². The molecule has 11 atom stereocenters. The summed E-state index contributed by atoms with van der Waals surface area (Å²) in [5.74, 6) is 5.00. The van der Waals surface area contributed by atoms with E-state index in [9.17, 15) is 19.8 Å². The van der Waals surface area contributed by atoms with Crippen LogP contribution >= 0.6 is 0 Å². The molecule has 3 aromatic rings. The van der Waals surface area contributed by atoms with Crippen molar-refractivity contribution in [1.29, 1.82) is 0 Å². The van der Waals surface area contributed by atoms with Crippen molar-refractivity contribution < 1.29 is 19.8 Å². The highest BCUT2D eigenvalue weighted by Gasteiger charge is 2.65. The number of fused-ring (bicyclic) bond motifs is 6. The number of carbonyl (C=O) groups is 2. The molecule has 1 aliphatic heterocycles. The molecule has 0 spiro atoms. The maximum absolute atomic E-state index is 12.9. The molecule has 4 heterocycles. The summed E-state index contributed by atoms with van der Waals surface area (Å²) in [5, 5.41) is 30.4. The number of hydrogen-bond acceptors (Lipinski definition) is 10. The zero-order chi connectivity index (χ0) is 43.2. The van der Waals surface area contributed by atoms with Gasteiger partial charge in [0, 0.05) is 64.3 Å². The Morgan fingerprint density at radius 3 is 2.43 bits per heavy atom. The van der Waals surface area contributed by atoms with Crippen LogP contribution < -0.4 is 15.5 Å². The van der Waals surface area contributed by atoms with E-state index in [1.807, 2.05) is 18.3 Å². The highest BCUT2D eigenvalue weighted by molar-refractivity contribution is 5.98. The summed E-state index contributed by atoms with van der Waals surface area (Å²) in [5.41, 5.74) is 2.79. The van der Waals surface area contributed by atoms with Crippen molar-refractivity contribution in [3.8, 4) is 0 Å². The van der Waals surface area contributed by atoms with Crippen molar-refractivity contribution in [2.24, 2.45) is 52.3 Å². The number of pyridine rings is 1. The fraction of sp³-hybridized carbons (Fsp3) is 0.735. The van der Waals surface area contributed by atoms with Crippen molar-refractivity contribution in [2.75, 3.05) is 50.5 Å². The van der Waals surface area contributed by atoms with Gasteiger partial charge in [-0.3, -0.25) is 4.79 Å². The quantitative estimate of drug-likeness (QED) is 0.167.